The summed E-state index contributed by atoms with van der Waals surface area (Å²) < 4.78 is 42.6. The minimum atomic E-state index is -2.41. The number of cyclic esters (lactones) is 1. The third-order valence-electron chi connectivity index (χ3n) is 5.69. The maximum Gasteiger partial charge on any atom is 0.414 e. The molecule has 2 aliphatic rings. The highest BCUT2D eigenvalue weighted by Gasteiger charge is 2.33. The molecule has 9 nitrogen and oxygen atoms in total. The molecule has 0 aliphatic carbocycles. The number of nitrogens with one attached hydrogen (secondary N) is 1. The normalized spacial score (nSPS) is 21.8. The molecule has 2 atom stereocenters. The number of ether oxygens (including phenoxy) is 2. The highest BCUT2D eigenvalue weighted by Crippen LogP contribution is 2.30. The molecule has 2 unspecified atom stereocenters. The van der Waals surface area contributed by atoms with Gasteiger partial charge in [-0.3, -0.25) is 14.5 Å². The fraction of sp³-hybridized carbons (Fsp3) is 0.542. The number of allylic oxidation sites excluding steroid dienone is 1. The van der Waals surface area contributed by atoms with E-state index >= 15 is 0 Å². The lowest BCUT2D eigenvalue weighted by Gasteiger charge is -2.19. The van der Waals surface area contributed by atoms with E-state index in [1.54, 1.807) is 18.2 Å². The summed E-state index contributed by atoms with van der Waals surface area (Å²) in [7, 11) is -2.41. The summed E-state index contributed by atoms with van der Waals surface area (Å²) in [4.78, 5) is 35.9. The van der Waals surface area contributed by atoms with Crippen LogP contribution in [0.5, 0.6) is 0 Å². The first kappa shape index (κ1) is 26.7. The zero-order chi connectivity index (χ0) is 25.4. The minimum Gasteiger partial charge on any atom is -0.466 e. The summed E-state index contributed by atoms with van der Waals surface area (Å²) in [6.45, 7) is 4.29. The molecule has 0 radical (unpaired) electrons. The van der Waals surface area contributed by atoms with Gasteiger partial charge in [0.1, 0.15) is 11.9 Å². The van der Waals surface area contributed by atoms with Gasteiger partial charge >= 0.3 is 12.1 Å². The van der Waals surface area contributed by atoms with Gasteiger partial charge in [-0.15, -0.1) is 0 Å². The zero-order valence-corrected chi connectivity index (χ0v) is 20.9. The van der Waals surface area contributed by atoms with Gasteiger partial charge in [0.25, 0.3) is 0 Å². The Hall–Kier alpha value is -2.95. The van der Waals surface area contributed by atoms with Crippen molar-refractivity contribution in [1.29, 1.82) is 0 Å². The van der Waals surface area contributed by atoms with Gasteiger partial charge in [-0.05, 0) is 36.6 Å². The van der Waals surface area contributed by atoms with Crippen molar-refractivity contribution in [3.8, 4) is 0 Å². The molecule has 3 rings (SSSR count). The summed E-state index contributed by atoms with van der Waals surface area (Å²) in [5.41, 5.74) is 1.53. The summed E-state index contributed by atoms with van der Waals surface area (Å²) in [6, 6.07) is 4.55. The first-order valence-electron chi connectivity index (χ1n) is 11.8. The Kier molecular flexibility index (Phi) is 9.25. The molecule has 2 heterocycles. The molecule has 2 amide bonds. The second-order valence-corrected chi connectivity index (χ2v) is 11.1. The number of amides is 2. The number of hydrogen-bond donors (Lipinski definition) is 1. The predicted octanol–water partition coefficient (Wildman–Crippen LogP) is 3.28. The molecule has 0 bridgehead atoms. The molecule has 11 heteroatoms. The SMILES string of the molecule is CCCC(=O)OCCCN=S1(=O)CC=C(c2ccc(N3CC(CNC(C)=O)OC3=O)cc2F)CC1. The van der Waals surface area contributed by atoms with Gasteiger partial charge in [-0.2, -0.15) is 0 Å². The second-order valence-electron chi connectivity index (χ2n) is 8.52. The van der Waals surface area contributed by atoms with Crippen molar-refractivity contribution >= 4 is 39.0 Å². The van der Waals surface area contributed by atoms with Gasteiger partial charge in [0.2, 0.25) is 5.91 Å². The molecule has 2 aliphatic heterocycles. The van der Waals surface area contributed by atoms with Gasteiger partial charge in [-0.25, -0.2) is 17.8 Å². The third-order valence-corrected chi connectivity index (χ3v) is 7.87. The van der Waals surface area contributed by atoms with Crippen LogP contribution in [0.1, 0.15) is 45.1 Å². The highest BCUT2D eigenvalue weighted by atomic mass is 32.2. The average molecular weight is 510 g/mol. The van der Waals surface area contributed by atoms with Crippen LogP contribution < -0.4 is 10.2 Å². The lowest BCUT2D eigenvalue weighted by atomic mass is 10.0. The lowest BCUT2D eigenvalue weighted by Crippen LogP contribution is -2.33. The number of carbonyl (C=O) groups is 3. The van der Waals surface area contributed by atoms with Crippen molar-refractivity contribution in [2.45, 2.75) is 45.6 Å². The number of carbonyl (C=O) groups excluding carboxylic acids is 3. The number of benzene rings is 1. The van der Waals surface area contributed by atoms with Gasteiger partial charge in [0.05, 0.1) is 47.4 Å². The fourth-order valence-electron chi connectivity index (χ4n) is 3.83. The zero-order valence-electron chi connectivity index (χ0n) is 20.1. The van der Waals surface area contributed by atoms with Crippen LogP contribution in [0.25, 0.3) is 5.57 Å². The maximum atomic E-state index is 15.0. The molecular weight excluding hydrogens is 477 g/mol. The molecule has 192 valence electrons. The van der Waals surface area contributed by atoms with Crippen molar-refractivity contribution < 1.29 is 32.5 Å². The van der Waals surface area contributed by atoms with Crippen LogP contribution in [0.3, 0.4) is 0 Å². The van der Waals surface area contributed by atoms with E-state index in [1.165, 1.54) is 17.9 Å². The largest absolute Gasteiger partial charge is 0.466 e. The van der Waals surface area contributed by atoms with Gasteiger partial charge in [0.15, 0.2) is 0 Å². The van der Waals surface area contributed by atoms with Crippen molar-refractivity contribution in [1.82, 2.24) is 5.32 Å². The maximum absolute atomic E-state index is 15.0. The van der Waals surface area contributed by atoms with E-state index in [-0.39, 0.29) is 37.3 Å². The Balaban J connectivity index is 1.57. The van der Waals surface area contributed by atoms with Crippen molar-refractivity contribution in [3.05, 3.63) is 35.7 Å². The first-order chi connectivity index (χ1) is 16.7. The van der Waals surface area contributed by atoms with E-state index in [0.717, 1.165) is 12.0 Å². The topological polar surface area (TPSA) is 114 Å². The van der Waals surface area contributed by atoms with Crippen LogP contribution in [-0.2, 0) is 28.8 Å². The van der Waals surface area contributed by atoms with E-state index in [1.807, 2.05) is 6.92 Å². The molecule has 0 saturated carbocycles. The smallest absolute Gasteiger partial charge is 0.414 e. The molecule has 1 aromatic rings. The predicted molar refractivity (Wildman–Crippen MR) is 131 cm³/mol. The fourth-order valence-corrected chi connectivity index (χ4v) is 5.70. The van der Waals surface area contributed by atoms with Gasteiger partial charge < -0.3 is 14.8 Å². The molecule has 0 spiro atoms. The summed E-state index contributed by atoms with van der Waals surface area (Å²) >= 11 is 0. The second kappa shape index (κ2) is 12.1. The average Bonchev–Trinajstić information content (AvgIpc) is 3.19. The Morgan fingerprint density at radius 3 is 2.83 bits per heavy atom. The quantitative estimate of drug-likeness (QED) is 0.382. The molecule has 1 N–H and O–H groups in total. The number of halogens is 1. The molecule has 1 saturated heterocycles. The van der Waals surface area contributed by atoms with E-state index in [2.05, 4.69) is 9.68 Å². The van der Waals surface area contributed by atoms with Crippen molar-refractivity contribution in [3.63, 3.8) is 0 Å². The van der Waals surface area contributed by atoms with E-state index in [4.69, 9.17) is 9.47 Å². The summed E-state index contributed by atoms with van der Waals surface area (Å²) in [6.07, 6.45) is 2.74. The molecule has 35 heavy (non-hydrogen) atoms. The number of hydrogen-bond acceptors (Lipinski definition) is 7. The van der Waals surface area contributed by atoms with Gasteiger partial charge in [-0.1, -0.05) is 13.0 Å². The first-order valence-corrected chi connectivity index (χ1v) is 13.6. The number of nitrogens with zero attached hydrogens (tertiary/aromatic N) is 2. The van der Waals surface area contributed by atoms with Crippen LogP contribution in [0.4, 0.5) is 14.9 Å². The Bertz CT molecular complexity index is 1110. The van der Waals surface area contributed by atoms with Crippen molar-refractivity contribution in [2.75, 3.05) is 42.6 Å². The van der Waals surface area contributed by atoms with Crippen LogP contribution in [0.15, 0.2) is 28.6 Å². The highest BCUT2D eigenvalue weighted by molar-refractivity contribution is 7.93. The number of rotatable bonds is 10. The Labute approximate surface area is 205 Å². The van der Waals surface area contributed by atoms with Crippen LogP contribution in [0, 0.1) is 5.82 Å². The number of anilines is 1. The molecule has 1 aromatic carbocycles. The molecule has 1 fully saturated rings. The minimum absolute atomic E-state index is 0.194. The summed E-state index contributed by atoms with van der Waals surface area (Å²) in [5, 5.41) is 2.60. The van der Waals surface area contributed by atoms with E-state index in [0.29, 0.717) is 42.8 Å². The third kappa shape index (κ3) is 7.51. The van der Waals surface area contributed by atoms with Crippen LogP contribution in [0.2, 0.25) is 0 Å². The Morgan fingerprint density at radius 2 is 2.17 bits per heavy atom. The monoisotopic (exact) mass is 509 g/mol. The molecular formula is C24H32FN3O6S. The number of esters is 1. The standard InChI is InChI=1S/C24H32FN3O6S/c1-3-5-23(30)33-11-4-10-27-35(32)12-8-18(9-13-35)21-7-6-19(14-22(21)25)28-16-20(34-24(28)31)15-26-17(2)29/h6-8,14,20H,3-5,9-13,15-16H2,1-2H3,(H,26,29). The van der Waals surface area contributed by atoms with Crippen LogP contribution >= 0.6 is 0 Å². The Morgan fingerprint density at radius 1 is 1.37 bits per heavy atom. The van der Waals surface area contributed by atoms with E-state index < -0.39 is 27.7 Å². The lowest BCUT2D eigenvalue weighted by molar-refractivity contribution is -0.143. The van der Waals surface area contributed by atoms with E-state index in [9.17, 15) is 23.0 Å². The van der Waals surface area contributed by atoms with Crippen molar-refractivity contribution in [2.24, 2.45) is 4.36 Å². The van der Waals surface area contributed by atoms with Crippen LogP contribution in [-0.4, -0.2) is 66.0 Å². The summed E-state index contributed by atoms with van der Waals surface area (Å²) in [5.74, 6) is -0.366. The van der Waals surface area contributed by atoms with Gasteiger partial charge in [0, 0.05) is 31.1 Å². The molecule has 0 aromatic heterocycles.